The van der Waals surface area contributed by atoms with E-state index >= 15 is 0 Å². The van der Waals surface area contributed by atoms with Crippen molar-refractivity contribution in [2.45, 2.75) is 13.2 Å². The van der Waals surface area contributed by atoms with Gasteiger partial charge in [0.2, 0.25) is 0 Å². The second-order valence-corrected chi connectivity index (χ2v) is 6.18. The predicted octanol–water partition coefficient (Wildman–Crippen LogP) is 4.28. The van der Waals surface area contributed by atoms with Crippen LogP contribution in [0, 0.1) is 0 Å². The van der Waals surface area contributed by atoms with Gasteiger partial charge in [-0.15, -0.1) is 11.3 Å². The van der Waals surface area contributed by atoms with E-state index < -0.39 is 6.09 Å². The van der Waals surface area contributed by atoms with Crippen molar-refractivity contribution < 1.29 is 14.6 Å². The van der Waals surface area contributed by atoms with Crippen molar-refractivity contribution in [1.29, 1.82) is 0 Å². The number of H-pyrrole nitrogens is 1. The Labute approximate surface area is 145 Å². The molecule has 9 heteroatoms. The van der Waals surface area contributed by atoms with E-state index in [1.54, 1.807) is 17.6 Å². The molecule has 3 aromatic rings. The number of thiazole rings is 1. The van der Waals surface area contributed by atoms with Gasteiger partial charge in [-0.25, -0.2) is 9.78 Å². The van der Waals surface area contributed by atoms with Crippen LogP contribution < -0.4 is 10.1 Å². The van der Waals surface area contributed by atoms with Crippen molar-refractivity contribution >= 4 is 51.5 Å². The Morgan fingerprint density at radius 2 is 2.26 bits per heavy atom. The molecule has 2 aromatic heterocycles. The molecule has 3 N–H and O–H groups in total. The zero-order chi connectivity index (χ0) is 16.4. The third-order valence-electron chi connectivity index (χ3n) is 3.13. The lowest BCUT2D eigenvalue weighted by Crippen LogP contribution is -2.20. The average molecular weight is 372 g/mol. The molecular weight excluding hydrogens is 361 g/mol. The van der Waals surface area contributed by atoms with Gasteiger partial charge in [-0.2, -0.15) is 0 Å². The minimum atomic E-state index is -1.12. The molecule has 0 radical (unpaired) electrons. The number of amides is 1. The van der Waals surface area contributed by atoms with Crippen molar-refractivity contribution in [2.24, 2.45) is 0 Å². The van der Waals surface area contributed by atoms with Crippen LogP contribution in [-0.4, -0.2) is 21.2 Å². The highest BCUT2D eigenvalue weighted by atomic mass is 35.5. The summed E-state index contributed by atoms with van der Waals surface area (Å²) < 4.78 is 5.68. The summed E-state index contributed by atoms with van der Waals surface area (Å²) in [6.07, 6.45) is -1.12. The van der Waals surface area contributed by atoms with Gasteiger partial charge in [0.1, 0.15) is 12.4 Å². The molecule has 2 heterocycles. The Morgan fingerprint density at radius 3 is 2.96 bits per heavy atom. The monoisotopic (exact) mass is 371 g/mol. The number of nitrogens with zero attached hydrogens (tertiary/aromatic N) is 1. The number of hydrogen-bond acceptors (Lipinski definition) is 4. The second-order valence-electron chi connectivity index (χ2n) is 4.67. The third kappa shape index (κ3) is 3.52. The van der Waals surface area contributed by atoms with Crippen LogP contribution in [0.1, 0.15) is 11.4 Å². The summed E-state index contributed by atoms with van der Waals surface area (Å²) in [5.41, 5.74) is 3.84. The summed E-state index contributed by atoms with van der Waals surface area (Å²) in [7, 11) is 0. The highest BCUT2D eigenvalue weighted by molar-refractivity contribution is 7.07. The fraction of sp³-hybridized carbons (Fsp3) is 0.143. The SMILES string of the molecule is O=C(O)NCc1[nH]c2cc(OCc3cscn3)c(Cl)cc2c1Cl. The van der Waals surface area contributed by atoms with Crippen LogP contribution in [0.4, 0.5) is 4.79 Å². The van der Waals surface area contributed by atoms with Gasteiger partial charge in [0.25, 0.3) is 0 Å². The first-order chi connectivity index (χ1) is 11.0. The quantitative estimate of drug-likeness (QED) is 0.624. The minimum absolute atomic E-state index is 0.0788. The molecular formula is C14H11Cl2N3O3S. The van der Waals surface area contributed by atoms with E-state index in [1.165, 1.54) is 11.3 Å². The number of fused-ring (bicyclic) bond motifs is 1. The van der Waals surface area contributed by atoms with Crippen molar-refractivity contribution in [2.75, 3.05) is 0 Å². The van der Waals surface area contributed by atoms with Crippen LogP contribution in [-0.2, 0) is 13.2 Å². The molecule has 3 rings (SSSR count). The van der Waals surface area contributed by atoms with Gasteiger partial charge in [-0.3, -0.25) is 0 Å². The molecule has 0 saturated carbocycles. The fourth-order valence-electron chi connectivity index (χ4n) is 2.08. The number of aromatic nitrogens is 2. The summed E-state index contributed by atoms with van der Waals surface area (Å²) in [6.45, 7) is 0.395. The maximum atomic E-state index is 10.6. The predicted molar refractivity (Wildman–Crippen MR) is 89.6 cm³/mol. The first-order valence-electron chi connectivity index (χ1n) is 6.51. The lowest BCUT2D eigenvalue weighted by Gasteiger charge is -2.06. The standard InChI is InChI=1S/C14H11Cl2N3O3S/c15-9-1-8-10(19-11(13(8)16)3-17-14(20)21)2-12(9)22-4-7-5-23-6-18-7/h1-2,5-6,17,19H,3-4H2,(H,20,21). The molecule has 0 saturated heterocycles. The van der Waals surface area contributed by atoms with Crippen LogP contribution in [0.2, 0.25) is 10.0 Å². The molecule has 0 unspecified atom stereocenters. The van der Waals surface area contributed by atoms with Gasteiger partial charge in [-0.1, -0.05) is 23.2 Å². The molecule has 0 atom stereocenters. The zero-order valence-electron chi connectivity index (χ0n) is 11.6. The van der Waals surface area contributed by atoms with E-state index in [0.29, 0.717) is 33.5 Å². The summed E-state index contributed by atoms with van der Waals surface area (Å²) >= 11 is 14.0. The molecule has 120 valence electrons. The molecule has 1 aromatic carbocycles. The van der Waals surface area contributed by atoms with Gasteiger partial charge in [0, 0.05) is 16.8 Å². The number of hydrogen-bond donors (Lipinski definition) is 3. The highest BCUT2D eigenvalue weighted by Gasteiger charge is 2.14. The maximum absolute atomic E-state index is 10.6. The smallest absolute Gasteiger partial charge is 0.404 e. The lowest BCUT2D eigenvalue weighted by molar-refractivity contribution is 0.194. The average Bonchev–Trinajstić information content (AvgIpc) is 3.12. The van der Waals surface area contributed by atoms with Crippen molar-refractivity contribution in [3.05, 3.63) is 44.5 Å². The highest BCUT2D eigenvalue weighted by Crippen LogP contribution is 2.35. The van der Waals surface area contributed by atoms with E-state index in [-0.39, 0.29) is 6.54 Å². The first-order valence-corrected chi connectivity index (χ1v) is 8.20. The third-order valence-corrected chi connectivity index (χ3v) is 4.50. The van der Waals surface area contributed by atoms with Gasteiger partial charge in [-0.05, 0) is 6.07 Å². The second kappa shape index (κ2) is 6.66. The Hall–Kier alpha value is -1.96. The zero-order valence-corrected chi connectivity index (χ0v) is 13.9. The minimum Gasteiger partial charge on any atom is -0.486 e. The Kier molecular flexibility index (Phi) is 4.61. The molecule has 23 heavy (non-hydrogen) atoms. The number of rotatable bonds is 5. The van der Waals surface area contributed by atoms with Crippen LogP contribution in [0.15, 0.2) is 23.0 Å². The number of nitrogens with one attached hydrogen (secondary N) is 2. The van der Waals surface area contributed by atoms with Crippen molar-refractivity contribution in [3.63, 3.8) is 0 Å². The number of benzene rings is 1. The van der Waals surface area contributed by atoms with Gasteiger partial charge in [0.15, 0.2) is 0 Å². The van der Waals surface area contributed by atoms with E-state index in [9.17, 15) is 4.79 Å². The van der Waals surface area contributed by atoms with Crippen LogP contribution in [0.25, 0.3) is 10.9 Å². The number of carbonyl (C=O) groups is 1. The van der Waals surface area contributed by atoms with E-state index in [0.717, 1.165) is 11.2 Å². The van der Waals surface area contributed by atoms with E-state index in [4.69, 9.17) is 33.0 Å². The van der Waals surface area contributed by atoms with Crippen LogP contribution in [0.5, 0.6) is 5.75 Å². The molecule has 0 spiro atoms. The summed E-state index contributed by atoms with van der Waals surface area (Å²) in [5.74, 6) is 0.503. The Morgan fingerprint density at radius 1 is 1.43 bits per heavy atom. The molecule has 0 aliphatic heterocycles. The number of carboxylic acid groups (broad SMARTS) is 1. The Bertz CT molecular complexity index is 849. The maximum Gasteiger partial charge on any atom is 0.404 e. The molecule has 0 fully saturated rings. The number of ether oxygens (including phenoxy) is 1. The van der Waals surface area contributed by atoms with Crippen molar-refractivity contribution in [3.8, 4) is 5.75 Å². The van der Waals surface area contributed by atoms with Crippen LogP contribution >= 0.6 is 34.5 Å². The van der Waals surface area contributed by atoms with Crippen molar-refractivity contribution in [1.82, 2.24) is 15.3 Å². The van der Waals surface area contributed by atoms with Gasteiger partial charge >= 0.3 is 6.09 Å². The largest absolute Gasteiger partial charge is 0.486 e. The van der Waals surface area contributed by atoms with E-state index in [2.05, 4.69) is 15.3 Å². The first kappa shape index (κ1) is 15.9. The molecule has 0 bridgehead atoms. The topological polar surface area (TPSA) is 87.2 Å². The molecule has 0 aliphatic carbocycles. The van der Waals surface area contributed by atoms with Gasteiger partial charge in [0.05, 0.1) is 39.0 Å². The number of aromatic amines is 1. The van der Waals surface area contributed by atoms with E-state index in [1.807, 2.05) is 5.38 Å². The summed E-state index contributed by atoms with van der Waals surface area (Å²) in [6, 6.07) is 3.43. The molecule has 1 amide bonds. The number of halogens is 2. The van der Waals surface area contributed by atoms with Crippen LogP contribution in [0.3, 0.4) is 0 Å². The molecule has 0 aliphatic rings. The van der Waals surface area contributed by atoms with Gasteiger partial charge < -0.3 is 20.1 Å². The fourth-order valence-corrected chi connectivity index (χ4v) is 3.11. The normalized spacial score (nSPS) is 10.9. The summed E-state index contributed by atoms with van der Waals surface area (Å²) in [5, 5.41) is 14.4. The molecule has 6 nitrogen and oxygen atoms in total. The lowest BCUT2D eigenvalue weighted by atomic mass is 10.2. The Balaban J connectivity index is 1.86. The summed E-state index contributed by atoms with van der Waals surface area (Å²) in [4.78, 5) is 17.8.